The SMILES string of the molecule is CCN1C(=NNC(=O)C(=O)C(NC(=O)C2CCCCC2)C2CCOCC2)SCC1(C)C. The fourth-order valence-corrected chi connectivity index (χ4v) is 5.97. The summed E-state index contributed by atoms with van der Waals surface area (Å²) in [7, 11) is 0. The average molecular weight is 453 g/mol. The molecule has 0 aromatic carbocycles. The van der Waals surface area contributed by atoms with Gasteiger partial charge in [-0.2, -0.15) is 0 Å². The van der Waals surface area contributed by atoms with Crippen molar-refractivity contribution in [3.05, 3.63) is 0 Å². The number of rotatable bonds is 7. The Morgan fingerprint density at radius 3 is 2.48 bits per heavy atom. The molecule has 3 aliphatic rings. The summed E-state index contributed by atoms with van der Waals surface area (Å²) in [5.41, 5.74) is 2.40. The molecule has 2 aliphatic heterocycles. The first-order valence-electron chi connectivity index (χ1n) is 11.5. The lowest BCUT2D eigenvalue weighted by atomic mass is 9.85. The van der Waals surface area contributed by atoms with Crippen LogP contribution in [-0.4, -0.2) is 64.8 Å². The third kappa shape index (κ3) is 6.00. The molecule has 0 bridgehead atoms. The molecule has 1 saturated carbocycles. The second-order valence-electron chi connectivity index (χ2n) is 9.32. The van der Waals surface area contributed by atoms with Crippen LogP contribution < -0.4 is 10.7 Å². The zero-order valence-electron chi connectivity index (χ0n) is 18.9. The minimum absolute atomic E-state index is 0.0500. The molecule has 8 nitrogen and oxygen atoms in total. The zero-order chi connectivity index (χ0) is 22.4. The smallest absolute Gasteiger partial charge is 0.309 e. The van der Waals surface area contributed by atoms with E-state index in [0.717, 1.165) is 44.4 Å². The predicted octanol–water partition coefficient (Wildman–Crippen LogP) is 2.28. The summed E-state index contributed by atoms with van der Waals surface area (Å²) in [6.45, 7) is 8.13. The number of carbonyl (C=O) groups excluding carboxylic acids is 3. The largest absolute Gasteiger partial charge is 0.381 e. The molecule has 1 unspecified atom stereocenters. The zero-order valence-corrected chi connectivity index (χ0v) is 19.8. The molecule has 0 radical (unpaired) electrons. The number of thioether (sulfide) groups is 1. The van der Waals surface area contributed by atoms with Crippen LogP contribution in [0.4, 0.5) is 0 Å². The molecule has 174 valence electrons. The molecular formula is C22H36N4O4S. The maximum absolute atomic E-state index is 13.1. The summed E-state index contributed by atoms with van der Waals surface area (Å²) >= 11 is 1.57. The molecule has 2 amide bonds. The summed E-state index contributed by atoms with van der Waals surface area (Å²) in [5, 5.41) is 7.88. The first-order valence-corrected chi connectivity index (χ1v) is 12.5. The van der Waals surface area contributed by atoms with Gasteiger partial charge in [-0.15, -0.1) is 5.10 Å². The van der Waals surface area contributed by atoms with Gasteiger partial charge in [0.15, 0.2) is 5.17 Å². The van der Waals surface area contributed by atoms with Gasteiger partial charge in [-0.1, -0.05) is 31.0 Å². The van der Waals surface area contributed by atoms with Crippen molar-refractivity contribution in [3.8, 4) is 0 Å². The van der Waals surface area contributed by atoms with E-state index in [2.05, 4.69) is 34.6 Å². The third-order valence-corrected chi connectivity index (χ3v) is 8.02. The highest BCUT2D eigenvalue weighted by atomic mass is 32.2. The number of carbonyl (C=O) groups is 3. The van der Waals surface area contributed by atoms with Gasteiger partial charge in [0, 0.05) is 37.0 Å². The minimum atomic E-state index is -0.825. The number of ether oxygens (including phenoxy) is 1. The van der Waals surface area contributed by atoms with Crippen molar-refractivity contribution in [3.63, 3.8) is 0 Å². The molecule has 0 spiro atoms. The van der Waals surface area contributed by atoms with E-state index in [1.807, 2.05) is 6.92 Å². The van der Waals surface area contributed by atoms with Crippen LogP contribution in [0.2, 0.25) is 0 Å². The Bertz CT molecular complexity index is 700. The van der Waals surface area contributed by atoms with Crippen molar-refractivity contribution < 1.29 is 19.1 Å². The Labute approximate surface area is 189 Å². The fourth-order valence-electron chi connectivity index (χ4n) is 4.69. The summed E-state index contributed by atoms with van der Waals surface area (Å²) in [6.07, 6.45) is 6.22. The summed E-state index contributed by atoms with van der Waals surface area (Å²) in [6, 6.07) is -0.825. The second kappa shape index (κ2) is 10.8. The monoisotopic (exact) mass is 452 g/mol. The van der Waals surface area contributed by atoms with Crippen molar-refractivity contribution >= 4 is 34.5 Å². The standard InChI is InChI=1S/C22H36N4O4S/c1-4-26-21(31-14-22(26,2)3)25-24-20(29)18(27)17(15-10-12-30-13-11-15)23-19(28)16-8-6-5-7-9-16/h15-17H,4-14H2,1-3H3,(H,23,28)(H,24,29). The molecule has 3 fully saturated rings. The van der Waals surface area contributed by atoms with Crippen LogP contribution >= 0.6 is 11.8 Å². The van der Waals surface area contributed by atoms with E-state index in [9.17, 15) is 14.4 Å². The van der Waals surface area contributed by atoms with Crippen LogP contribution in [0.15, 0.2) is 5.10 Å². The number of amides is 2. The second-order valence-corrected chi connectivity index (χ2v) is 10.3. The highest BCUT2D eigenvalue weighted by molar-refractivity contribution is 8.14. The van der Waals surface area contributed by atoms with Crippen molar-refractivity contribution in [1.82, 2.24) is 15.6 Å². The molecule has 9 heteroatoms. The Morgan fingerprint density at radius 2 is 1.84 bits per heavy atom. The molecule has 1 atom stereocenters. The molecule has 31 heavy (non-hydrogen) atoms. The fraction of sp³-hybridized carbons (Fsp3) is 0.818. The van der Waals surface area contributed by atoms with Crippen LogP contribution in [0.5, 0.6) is 0 Å². The van der Waals surface area contributed by atoms with Crippen molar-refractivity contribution in [2.45, 2.75) is 77.3 Å². The lowest BCUT2D eigenvalue weighted by molar-refractivity contribution is -0.142. The van der Waals surface area contributed by atoms with Crippen LogP contribution in [-0.2, 0) is 19.1 Å². The van der Waals surface area contributed by atoms with Gasteiger partial charge in [0.1, 0.15) is 6.04 Å². The van der Waals surface area contributed by atoms with Crippen LogP contribution in [0, 0.1) is 11.8 Å². The van der Waals surface area contributed by atoms with Gasteiger partial charge >= 0.3 is 5.91 Å². The van der Waals surface area contributed by atoms with Crippen LogP contribution in [0.1, 0.15) is 65.7 Å². The first-order chi connectivity index (χ1) is 14.8. The molecule has 0 aromatic rings. The molecule has 0 aromatic heterocycles. The van der Waals surface area contributed by atoms with E-state index in [1.165, 1.54) is 0 Å². The maximum Gasteiger partial charge on any atom is 0.309 e. The average Bonchev–Trinajstić information content (AvgIpc) is 3.09. The minimum Gasteiger partial charge on any atom is -0.381 e. The highest BCUT2D eigenvalue weighted by Crippen LogP contribution is 2.32. The number of Topliss-reactive ketones (excluding diaryl/α,β-unsaturated/α-hetero) is 1. The van der Waals surface area contributed by atoms with E-state index in [-0.39, 0.29) is 23.3 Å². The Morgan fingerprint density at radius 1 is 1.16 bits per heavy atom. The van der Waals surface area contributed by atoms with Gasteiger partial charge in [-0.05, 0) is 52.4 Å². The number of amidine groups is 1. The molecule has 2 heterocycles. The molecule has 3 rings (SSSR count). The summed E-state index contributed by atoms with van der Waals surface area (Å²) < 4.78 is 5.42. The van der Waals surface area contributed by atoms with Crippen LogP contribution in [0.3, 0.4) is 0 Å². The number of hydrogen-bond donors (Lipinski definition) is 2. The topological polar surface area (TPSA) is 100 Å². The van der Waals surface area contributed by atoms with Gasteiger partial charge in [0.2, 0.25) is 11.7 Å². The summed E-state index contributed by atoms with van der Waals surface area (Å²) in [4.78, 5) is 40.8. The number of hydrazone groups is 1. The quantitative estimate of drug-likeness (QED) is 0.454. The normalized spacial score (nSPS) is 24.7. The van der Waals surface area contributed by atoms with E-state index in [1.54, 1.807) is 11.8 Å². The van der Waals surface area contributed by atoms with Crippen LogP contribution in [0.25, 0.3) is 0 Å². The Balaban J connectivity index is 1.67. The highest BCUT2D eigenvalue weighted by Gasteiger charge is 2.38. The molecule has 2 N–H and O–H groups in total. The number of nitrogens with one attached hydrogen (secondary N) is 2. The van der Waals surface area contributed by atoms with Crippen molar-refractivity contribution in [2.24, 2.45) is 16.9 Å². The lowest BCUT2D eigenvalue weighted by Crippen LogP contribution is -2.53. The van der Waals surface area contributed by atoms with Gasteiger partial charge in [0.25, 0.3) is 0 Å². The molecule has 2 saturated heterocycles. The van der Waals surface area contributed by atoms with E-state index in [0.29, 0.717) is 31.2 Å². The maximum atomic E-state index is 13.1. The van der Waals surface area contributed by atoms with Crippen molar-refractivity contribution in [2.75, 3.05) is 25.5 Å². The van der Waals surface area contributed by atoms with Gasteiger partial charge in [-0.3, -0.25) is 14.4 Å². The van der Waals surface area contributed by atoms with Gasteiger partial charge < -0.3 is 15.0 Å². The van der Waals surface area contributed by atoms with Gasteiger partial charge in [-0.25, -0.2) is 5.43 Å². The van der Waals surface area contributed by atoms with E-state index < -0.39 is 17.7 Å². The van der Waals surface area contributed by atoms with Gasteiger partial charge in [0.05, 0.1) is 0 Å². The molecule has 1 aliphatic carbocycles. The Hall–Kier alpha value is -1.61. The van der Waals surface area contributed by atoms with E-state index in [4.69, 9.17) is 4.74 Å². The number of ketones is 1. The number of hydrogen-bond acceptors (Lipinski definition) is 6. The molecular weight excluding hydrogens is 416 g/mol. The third-order valence-electron chi connectivity index (χ3n) is 6.60. The number of nitrogens with zero attached hydrogens (tertiary/aromatic N) is 2. The first kappa shape index (κ1) is 24.0. The predicted molar refractivity (Wildman–Crippen MR) is 122 cm³/mol. The summed E-state index contributed by atoms with van der Waals surface area (Å²) in [5.74, 6) is -0.790. The van der Waals surface area contributed by atoms with Crippen molar-refractivity contribution in [1.29, 1.82) is 0 Å². The van der Waals surface area contributed by atoms with E-state index >= 15 is 0 Å². The Kier molecular flexibility index (Phi) is 8.38. The lowest BCUT2D eigenvalue weighted by Gasteiger charge is -2.31.